The van der Waals surface area contributed by atoms with Crippen LogP contribution >= 0.6 is 24.8 Å². The maximum Gasteiger partial charge on any atom is 0.245 e. The Labute approximate surface area is 150 Å². The van der Waals surface area contributed by atoms with Crippen molar-refractivity contribution in [2.24, 2.45) is 18.2 Å². The monoisotopic (exact) mass is 363 g/mol. The van der Waals surface area contributed by atoms with E-state index >= 15 is 0 Å². The lowest BCUT2D eigenvalue weighted by Gasteiger charge is -2.36. The van der Waals surface area contributed by atoms with Crippen LogP contribution in [-0.2, 0) is 11.8 Å². The van der Waals surface area contributed by atoms with E-state index in [4.69, 9.17) is 5.73 Å². The summed E-state index contributed by atoms with van der Waals surface area (Å²) < 4.78 is 1.74. The van der Waals surface area contributed by atoms with Crippen LogP contribution in [0.1, 0.15) is 26.2 Å². The van der Waals surface area contributed by atoms with Gasteiger partial charge in [0.2, 0.25) is 5.91 Å². The Kier molecular flexibility index (Phi) is 6.89. The number of carbonyl (C=O) groups excluding carboxylic acids is 1. The van der Waals surface area contributed by atoms with Crippen molar-refractivity contribution in [3.05, 3.63) is 12.3 Å². The second kappa shape index (κ2) is 7.83. The van der Waals surface area contributed by atoms with Crippen molar-refractivity contribution in [3.8, 4) is 0 Å². The van der Waals surface area contributed by atoms with Gasteiger partial charge in [-0.3, -0.25) is 19.3 Å². The molecule has 0 aliphatic carbocycles. The van der Waals surface area contributed by atoms with E-state index in [1.165, 1.54) is 0 Å². The Morgan fingerprint density at radius 1 is 1.39 bits per heavy atom. The number of nitrogens with zero attached hydrogens (tertiary/aromatic N) is 4. The Morgan fingerprint density at radius 2 is 2.13 bits per heavy atom. The molecule has 0 spiro atoms. The molecule has 2 aliphatic rings. The topological polar surface area (TPSA) is 67.4 Å². The van der Waals surface area contributed by atoms with Crippen molar-refractivity contribution in [2.45, 2.75) is 32.2 Å². The van der Waals surface area contributed by atoms with E-state index in [1.54, 1.807) is 4.68 Å². The molecule has 8 heteroatoms. The van der Waals surface area contributed by atoms with Gasteiger partial charge in [0.15, 0.2) is 5.82 Å². The van der Waals surface area contributed by atoms with E-state index in [1.807, 2.05) is 24.2 Å². The molecular formula is C15H27Cl2N5O. The fraction of sp³-hybridized carbons (Fsp3) is 0.733. The van der Waals surface area contributed by atoms with Gasteiger partial charge in [0, 0.05) is 32.4 Å². The number of likely N-dealkylation sites (tertiary alicyclic amines) is 1. The summed E-state index contributed by atoms with van der Waals surface area (Å²) in [4.78, 5) is 17.0. The van der Waals surface area contributed by atoms with Gasteiger partial charge in [-0.05, 0) is 37.8 Å². The number of aryl methyl sites for hydroxylation is 1. The maximum atomic E-state index is 12.8. The smallest absolute Gasteiger partial charge is 0.245 e. The van der Waals surface area contributed by atoms with Crippen molar-refractivity contribution >= 4 is 36.5 Å². The highest BCUT2D eigenvalue weighted by Crippen LogP contribution is 2.32. The highest BCUT2D eigenvalue weighted by atomic mass is 35.5. The van der Waals surface area contributed by atoms with Crippen LogP contribution in [0.2, 0.25) is 0 Å². The highest BCUT2D eigenvalue weighted by molar-refractivity contribution is 5.97. The lowest BCUT2D eigenvalue weighted by atomic mass is 9.90. The number of rotatable bonds is 3. The Balaban J connectivity index is 0.00000132. The molecule has 3 rings (SSSR count). The summed E-state index contributed by atoms with van der Waals surface area (Å²) in [5.74, 6) is 0.967. The predicted molar refractivity (Wildman–Crippen MR) is 96.4 cm³/mol. The van der Waals surface area contributed by atoms with Gasteiger partial charge in [-0.1, -0.05) is 6.92 Å². The third kappa shape index (κ3) is 3.99. The number of nitrogens with two attached hydrogens (primary N) is 1. The van der Waals surface area contributed by atoms with Gasteiger partial charge in [0.05, 0.1) is 6.04 Å². The lowest BCUT2D eigenvalue weighted by Crippen LogP contribution is -2.52. The first-order chi connectivity index (χ1) is 10.0. The first-order valence-corrected chi connectivity index (χ1v) is 7.78. The average molecular weight is 364 g/mol. The third-order valence-electron chi connectivity index (χ3n) is 4.91. The van der Waals surface area contributed by atoms with Crippen molar-refractivity contribution in [1.82, 2.24) is 14.7 Å². The predicted octanol–water partition coefficient (Wildman–Crippen LogP) is 1.43. The van der Waals surface area contributed by atoms with Gasteiger partial charge in [0.1, 0.15) is 0 Å². The second-order valence-corrected chi connectivity index (χ2v) is 6.73. The van der Waals surface area contributed by atoms with Crippen molar-refractivity contribution in [1.29, 1.82) is 0 Å². The SMILES string of the molecule is Cl.Cl.Cn1ccc(N2CCCC(N3CCC(C)(CN)C3)C2=O)n1. The average Bonchev–Trinajstić information content (AvgIpc) is 3.06. The number of hydrogen-bond acceptors (Lipinski definition) is 4. The summed E-state index contributed by atoms with van der Waals surface area (Å²) in [6.45, 7) is 5.58. The first-order valence-electron chi connectivity index (χ1n) is 7.78. The van der Waals surface area contributed by atoms with Crippen LogP contribution < -0.4 is 10.6 Å². The van der Waals surface area contributed by atoms with Gasteiger partial charge < -0.3 is 5.73 Å². The lowest BCUT2D eigenvalue weighted by molar-refractivity contribution is -0.125. The fourth-order valence-electron chi connectivity index (χ4n) is 3.46. The number of carbonyl (C=O) groups is 1. The minimum absolute atomic E-state index is 0. The van der Waals surface area contributed by atoms with Crippen LogP contribution in [-0.4, -0.2) is 52.8 Å². The van der Waals surface area contributed by atoms with Crippen LogP contribution in [0.15, 0.2) is 12.3 Å². The number of anilines is 1. The molecule has 1 aromatic heterocycles. The molecule has 1 aromatic rings. The minimum atomic E-state index is -0.00543. The molecule has 6 nitrogen and oxygen atoms in total. The molecule has 23 heavy (non-hydrogen) atoms. The van der Waals surface area contributed by atoms with Crippen LogP contribution in [0.3, 0.4) is 0 Å². The summed E-state index contributed by atoms with van der Waals surface area (Å²) in [6, 6.07) is 1.91. The molecule has 0 aromatic carbocycles. The normalized spacial score (nSPS) is 28.4. The molecule has 2 atom stereocenters. The van der Waals surface area contributed by atoms with Crippen LogP contribution in [0.25, 0.3) is 0 Å². The molecule has 2 saturated heterocycles. The van der Waals surface area contributed by atoms with E-state index < -0.39 is 0 Å². The van der Waals surface area contributed by atoms with Gasteiger partial charge in [-0.2, -0.15) is 5.10 Å². The van der Waals surface area contributed by atoms with Crippen LogP contribution in [0, 0.1) is 5.41 Å². The summed E-state index contributed by atoms with van der Waals surface area (Å²) in [5, 5.41) is 4.37. The quantitative estimate of drug-likeness (QED) is 0.881. The largest absolute Gasteiger partial charge is 0.330 e. The van der Waals surface area contributed by atoms with Crippen molar-refractivity contribution < 1.29 is 4.79 Å². The second-order valence-electron chi connectivity index (χ2n) is 6.73. The molecule has 2 fully saturated rings. The molecule has 1 amide bonds. The van der Waals surface area contributed by atoms with E-state index in [9.17, 15) is 4.79 Å². The molecule has 132 valence electrons. The van der Waals surface area contributed by atoms with E-state index in [0.29, 0.717) is 6.54 Å². The van der Waals surface area contributed by atoms with Gasteiger partial charge in [-0.25, -0.2) is 0 Å². The zero-order valence-corrected chi connectivity index (χ0v) is 15.4. The molecule has 0 radical (unpaired) electrons. The zero-order chi connectivity index (χ0) is 15.0. The van der Waals surface area contributed by atoms with Gasteiger partial charge in [-0.15, -0.1) is 24.8 Å². The maximum absolute atomic E-state index is 12.8. The van der Waals surface area contributed by atoms with Gasteiger partial charge >= 0.3 is 0 Å². The van der Waals surface area contributed by atoms with Crippen molar-refractivity contribution in [3.63, 3.8) is 0 Å². The molecule has 3 heterocycles. The standard InChI is InChI=1S/C15H25N5O.2ClH/c1-15(10-16)6-9-19(11-15)12-4-3-7-20(14(12)21)13-5-8-18(2)17-13;;/h5,8,12H,3-4,6-7,9-11,16H2,1-2H3;2*1H. The fourth-order valence-corrected chi connectivity index (χ4v) is 3.46. The molecule has 0 saturated carbocycles. The summed E-state index contributed by atoms with van der Waals surface area (Å²) in [7, 11) is 1.88. The van der Waals surface area contributed by atoms with E-state index in [0.717, 1.165) is 44.7 Å². The number of amides is 1. The van der Waals surface area contributed by atoms with E-state index in [-0.39, 0.29) is 42.2 Å². The minimum Gasteiger partial charge on any atom is -0.330 e. The number of hydrogen-bond donors (Lipinski definition) is 1. The summed E-state index contributed by atoms with van der Waals surface area (Å²) in [6.07, 6.45) is 4.94. The van der Waals surface area contributed by atoms with Crippen molar-refractivity contribution in [2.75, 3.05) is 31.1 Å². The number of aromatic nitrogens is 2. The highest BCUT2D eigenvalue weighted by Gasteiger charge is 2.41. The Bertz CT molecular complexity index is 538. The molecule has 2 N–H and O–H groups in total. The number of halogens is 2. The Morgan fingerprint density at radius 3 is 2.70 bits per heavy atom. The molecule has 2 unspecified atom stereocenters. The van der Waals surface area contributed by atoms with Gasteiger partial charge in [0.25, 0.3) is 0 Å². The summed E-state index contributed by atoms with van der Waals surface area (Å²) >= 11 is 0. The Hall–Kier alpha value is -0.820. The number of piperidine rings is 1. The molecule has 0 bridgehead atoms. The van der Waals surface area contributed by atoms with E-state index in [2.05, 4.69) is 16.9 Å². The molecule has 2 aliphatic heterocycles. The zero-order valence-electron chi connectivity index (χ0n) is 13.8. The summed E-state index contributed by atoms with van der Waals surface area (Å²) in [5.41, 5.74) is 6.04. The van der Waals surface area contributed by atoms with Crippen LogP contribution in [0.5, 0.6) is 0 Å². The third-order valence-corrected chi connectivity index (χ3v) is 4.91. The molecular weight excluding hydrogens is 337 g/mol. The van der Waals surface area contributed by atoms with Crippen LogP contribution in [0.4, 0.5) is 5.82 Å². The first kappa shape index (κ1) is 20.2.